The molecule has 0 saturated heterocycles. The standard InChI is InChI=1S/C25H27N5O6/c1-14(2)21(26-22(31)15-10-16(34-4)12-17(11-15)35-5)24(33)36-13-20-27-28-25-29(3)23(32)18-8-6-7-9-19(18)30(20)25/h6-12,14,21H,13H2,1-5H3,(H,26,31). The molecule has 188 valence electrons. The van der Waals surface area contributed by atoms with Crippen molar-refractivity contribution in [2.75, 3.05) is 14.2 Å². The number of carbonyl (C=O) groups excluding carboxylic acids is 2. The third-order valence-electron chi connectivity index (χ3n) is 5.86. The molecule has 2 heterocycles. The van der Waals surface area contributed by atoms with Gasteiger partial charge in [0, 0.05) is 18.7 Å². The zero-order valence-electron chi connectivity index (χ0n) is 20.6. The normalized spacial score (nSPS) is 12.1. The lowest BCUT2D eigenvalue weighted by molar-refractivity contribution is -0.148. The summed E-state index contributed by atoms with van der Waals surface area (Å²) in [5.41, 5.74) is 0.679. The minimum Gasteiger partial charge on any atom is -0.497 e. The van der Waals surface area contributed by atoms with Crippen LogP contribution in [-0.4, -0.2) is 51.3 Å². The number of esters is 1. The van der Waals surface area contributed by atoms with Gasteiger partial charge in [0.05, 0.1) is 25.1 Å². The summed E-state index contributed by atoms with van der Waals surface area (Å²) in [7, 11) is 4.58. The molecule has 0 saturated carbocycles. The van der Waals surface area contributed by atoms with Crippen LogP contribution >= 0.6 is 0 Å². The summed E-state index contributed by atoms with van der Waals surface area (Å²) in [4.78, 5) is 38.6. The van der Waals surface area contributed by atoms with Crippen molar-refractivity contribution in [3.63, 3.8) is 0 Å². The topological polar surface area (TPSA) is 126 Å². The summed E-state index contributed by atoms with van der Waals surface area (Å²) in [5.74, 6) is 0.204. The molecule has 0 aliphatic rings. The van der Waals surface area contributed by atoms with E-state index < -0.39 is 17.9 Å². The van der Waals surface area contributed by atoms with Crippen molar-refractivity contribution in [3.8, 4) is 11.5 Å². The molecule has 1 atom stereocenters. The lowest BCUT2D eigenvalue weighted by atomic mass is 10.0. The number of carbonyl (C=O) groups is 2. The molecule has 1 unspecified atom stereocenters. The third-order valence-corrected chi connectivity index (χ3v) is 5.86. The average Bonchev–Trinajstić information content (AvgIpc) is 3.32. The van der Waals surface area contributed by atoms with Gasteiger partial charge in [-0.15, -0.1) is 10.2 Å². The number of methoxy groups -OCH3 is 2. The zero-order chi connectivity index (χ0) is 26.0. The summed E-state index contributed by atoms with van der Waals surface area (Å²) < 4.78 is 19.1. The number of ether oxygens (including phenoxy) is 3. The molecule has 4 rings (SSSR count). The first kappa shape index (κ1) is 24.7. The minimum absolute atomic E-state index is 0.200. The van der Waals surface area contributed by atoms with Crippen LogP contribution in [0.2, 0.25) is 0 Å². The van der Waals surface area contributed by atoms with Crippen molar-refractivity contribution in [1.29, 1.82) is 0 Å². The van der Waals surface area contributed by atoms with E-state index in [1.165, 1.54) is 18.8 Å². The van der Waals surface area contributed by atoms with Crippen molar-refractivity contribution in [1.82, 2.24) is 24.5 Å². The number of hydrogen-bond acceptors (Lipinski definition) is 8. The second kappa shape index (κ2) is 10.1. The molecule has 2 aromatic heterocycles. The Hall–Kier alpha value is -4.41. The number of hydrogen-bond donors (Lipinski definition) is 1. The lowest BCUT2D eigenvalue weighted by Crippen LogP contribution is -2.45. The maximum absolute atomic E-state index is 13.0. The Morgan fingerprint density at radius 1 is 1.03 bits per heavy atom. The first-order valence-electron chi connectivity index (χ1n) is 11.3. The van der Waals surface area contributed by atoms with E-state index in [-0.39, 0.29) is 23.6 Å². The number of nitrogens with zero attached hydrogens (tertiary/aromatic N) is 4. The van der Waals surface area contributed by atoms with Gasteiger partial charge in [0.2, 0.25) is 5.78 Å². The fourth-order valence-corrected chi connectivity index (χ4v) is 3.87. The second-order valence-electron chi connectivity index (χ2n) is 8.54. The summed E-state index contributed by atoms with van der Waals surface area (Å²) in [5, 5.41) is 11.5. The Balaban J connectivity index is 1.56. The highest BCUT2D eigenvalue weighted by atomic mass is 16.5. The van der Waals surface area contributed by atoms with Crippen molar-refractivity contribution in [3.05, 3.63) is 64.2 Å². The quantitative estimate of drug-likeness (QED) is 0.370. The van der Waals surface area contributed by atoms with Crippen LogP contribution in [0.5, 0.6) is 11.5 Å². The Morgan fingerprint density at radius 2 is 1.69 bits per heavy atom. The second-order valence-corrected chi connectivity index (χ2v) is 8.54. The maximum atomic E-state index is 13.0. The lowest BCUT2D eigenvalue weighted by Gasteiger charge is -2.21. The molecule has 0 spiro atoms. The van der Waals surface area contributed by atoms with Crippen LogP contribution in [0.3, 0.4) is 0 Å². The number of nitrogens with one attached hydrogen (secondary N) is 1. The van der Waals surface area contributed by atoms with Gasteiger partial charge in [-0.05, 0) is 30.2 Å². The fraction of sp³-hybridized carbons (Fsp3) is 0.320. The molecular weight excluding hydrogens is 466 g/mol. The van der Waals surface area contributed by atoms with Gasteiger partial charge in [0.25, 0.3) is 11.5 Å². The first-order valence-corrected chi connectivity index (χ1v) is 11.3. The van der Waals surface area contributed by atoms with E-state index in [0.29, 0.717) is 34.0 Å². The Labute approximate surface area is 206 Å². The monoisotopic (exact) mass is 493 g/mol. The largest absolute Gasteiger partial charge is 0.497 e. The molecule has 2 aromatic carbocycles. The van der Waals surface area contributed by atoms with Gasteiger partial charge in [-0.2, -0.15) is 0 Å². The van der Waals surface area contributed by atoms with Crippen LogP contribution in [0.4, 0.5) is 0 Å². The summed E-state index contributed by atoms with van der Waals surface area (Å²) in [6, 6.07) is 10.9. The van der Waals surface area contributed by atoms with E-state index in [0.717, 1.165) is 0 Å². The number of amides is 1. The van der Waals surface area contributed by atoms with Crippen LogP contribution in [-0.2, 0) is 23.2 Å². The van der Waals surface area contributed by atoms with Gasteiger partial charge in [0.15, 0.2) is 12.4 Å². The highest BCUT2D eigenvalue weighted by Gasteiger charge is 2.27. The van der Waals surface area contributed by atoms with Crippen molar-refractivity contribution in [2.24, 2.45) is 13.0 Å². The van der Waals surface area contributed by atoms with Crippen LogP contribution in [0.15, 0.2) is 47.3 Å². The van der Waals surface area contributed by atoms with Crippen LogP contribution in [0.25, 0.3) is 16.7 Å². The van der Waals surface area contributed by atoms with Crippen molar-refractivity contribution >= 4 is 28.6 Å². The number of aryl methyl sites for hydroxylation is 1. The first-order chi connectivity index (χ1) is 17.2. The highest BCUT2D eigenvalue weighted by Crippen LogP contribution is 2.23. The molecule has 1 amide bonds. The summed E-state index contributed by atoms with van der Waals surface area (Å²) >= 11 is 0. The van der Waals surface area contributed by atoms with Crippen LogP contribution < -0.4 is 20.3 Å². The van der Waals surface area contributed by atoms with Gasteiger partial charge in [0.1, 0.15) is 17.5 Å². The van der Waals surface area contributed by atoms with E-state index in [9.17, 15) is 14.4 Å². The molecular formula is C25H27N5O6. The number of rotatable bonds is 8. The molecule has 0 aliphatic heterocycles. The zero-order valence-corrected chi connectivity index (χ0v) is 20.6. The Bertz CT molecular complexity index is 1480. The summed E-state index contributed by atoms with van der Waals surface area (Å²) in [6.07, 6.45) is 0. The van der Waals surface area contributed by atoms with Gasteiger partial charge in [-0.3, -0.25) is 18.6 Å². The number of para-hydroxylation sites is 1. The number of benzene rings is 2. The van der Waals surface area contributed by atoms with Crippen LogP contribution in [0, 0.1) is 5.92 Å². The molecule has 1 N–H and O–H groups in total. The molecule has 11 nitrogen and oxygen atoms in total. The van der Waals surface area contributed by atoms with E-state index in [2.05, 4.69) is 15.5 Å². The predicted molar refractivity (Wildman–Crippen MR) is 131 cm³/mol. The van der Waals surface area contributed by atoms with E-state index in [4.69, 9.17) is 14.2 Å². The minimum atomic E-state index is -0.921. The van der Waals surface area contributed by atoms with E-state index in [1.807, 2.05) is 0 Å². The molecule has 0 fully saturated rings. The SMILES string of the molecule is COc1cc(OC)cc(C(=O)NC(C(=O)OCc2nnc3n(C)c(=O)c4ccccc4n23)C(C)C)c1. The van der Waals surface area contributed by atoms with Gasteiger partial charge >= 0.3 is 5.97 Å². The Kier molecular flexibility index (Phi) is 6.91. The molecule has 36 heavy (non-hydrogen) atoms. The van der Waals surface area contributed by atoms with Crippen molar-refractivity contribution in [2.45, 2.75) is 26.5 Å². The van der Waals surface area contributed by atoms with Crippen LogP contribution in [0.1, 0.15) is 30.0 Å². The number of fused-ring (bicyclic) bond motifs is 3. The van der Waals surface area contributed by atoms with E-state index >= 15 is 0 Å². The van der Waals surface area contributed by atoms with Gasteiger partial charge in [-0.1, -0.05) is 26.0 Å². The average molecular weight is 494 g/mol. The third kappa shape index (κ3) is 4.59. The maximum Gasteiger partial charge on any atom is 0.329 e. The Morgan fingerprint density at radius 3 is 2.33 bits per heavy atom. The molecule has 0 bridgehead atoms. The van der Waals surface area contributed by atoms with Gasteiger partial charge in [-0.25, -0.2) is 4.79 Å². The fourth-order valence-electron chi connectivity index (χ4n) is 3.87. The molecule has 11 heteroatoms. The van der Waals surface area contributed by atoms with Gasteiger partial charge < -0.3 is 19.5 Å². The smallest absolute Gasteiger partial charge is 0.329 e. The predicted octanol–water partition coefficient (Wildman–Crippen LogP) is 2.10. The van der Waals surface area contributed by atoms with E-state index in [1.54, 1.807) is 67.8 Å². The summed E-state index contributed by atoms with van der Waals surface area (Å²) in [6.45, 7) is 3.40. The molecule has 0 aliphatic carbocycles. The molecule has 4 aromatic rings. The number of aromatic nitrogens is 4. The molecule has 0 radical (unpaired) electrons. The highest BCUT2D eigenvalue weighted by molar-refractivity contribution is 5.97. The van der Waals surface area contributed by atoms with Crippen molar-refractivity contribution < 1.29 is 23.8 Å².